The Bertz CT molecular complexity index is 531. The zero-order valence-corrected chi connectivity index (χ0v) is 13.9. The molecular formula is C16H23N3O5. The maximum atomic E-state index is 10.2. The molecule has 3 atom stereocenters. The lowest BCUT2D eigenvalue weighted by atomic mass is 10.1. The van der Waals surface area contributed by atoms with Crippen LogP contribution in [0.2, 0.25) is 0 Å². The van der Waals surface area contributed by atoms with Crippen LogP contribution in [0.25, 0.3) is 10.4 Å². The summed E-state index contributed by atoms with van der Waals surface area (Å²) in [7, 11) is 3.08. The number of benzene rings is 1. The summed E-state index contributed by atoms with van der Waals surface area (Å²) in [6, 6.07) is 7.34. The van der Waals surface area contributed by atoms with Crippen molar-refractivity contribution in [2.24, 2.45) is 5.11 Å². The van der Waals surface area contributed by atoms with Crippen LogP contribution in [0, 0.1) is 0 Å². The quantitative estimate of drug-likeness (QED) is 0.207. The van der Waals surface area contributed by atoms with Gasteiger partial charge in [0.2, 0.25) is 0 Å². The SMILES string of the molecule is C=C[C@@H](OCOC)[C@H](OCc1ccc(OC)cc1)[C@H](O)CN=[N+]=[N-]. The lowest BCUT2D eigenvalue weighted by Crippen LogP contribution is -2.42. The van der Waals surface area contributed by atoms with Crippen molar-refractivity contribution in [3.8, 4) is 5.75 Å². The van der Waals surface area contributed by atoms with Gasteiger partial charge in [0, 0.05) is 12.0 Å². The van der Waals surface area contributed by atoms with Gasteiger partial charge in [0.1, 0.15) is 24.8 Å². The number of aliphatic hydroxyl groups excluding tert-OH is 1. The van der Waals surface area contributed by atoms with Crippen molar-refractivity contribution >= 4 is 0 Å². The second-order valence-corrected chi connectivity index (χ2v) is 4.88. The molecule has 1 aromatic rings. The number of hydrogen-bond donors (Lipinski definition) is 1. The maximum absolute atomic E-state index is 10.2. The molecule has 0 amide bonds. The number of hydrogen-bond acceptors (Lipinski definition) is 6. The molecule has 0 aromatic heterocycles. The van der Waals surface area contributed by atoms with Gasteiger partial charge in [-0.25, -0.2) is 0 Å². The Morgan fingerprint density at radius 2 is 2.00 bits per heavy atom. The summed E-state index contributed by atoms with van der Waals surface area (Å²) in [6.07, 6.45) is -0.909. The summed E-state index contributed by atoms with van der Waals surface area (Å²) >= 11 is 0. The van der Waals surface area contributed by atoms with Crippen LogP contribution in [0.4, 0.5) is 0 Å². The Labute approximate surface area is 141 Å². The molecule has 8 heteroatoms. The summed E-state index contributed by atoms with van der Waals surface area (Å²) in [4.78, 5) is 2.65. The van der Waals surface area contributed by atoms with E-state index < -0.39 is 18.3 Å². The lowest BCUT2D eigenvalue weighted by molar-refractivity contribution is -0.143. The maximum Gasteiger partial charge on any atom is 0.147 e. The number of nitrogens with zero attached hydrogens (tertiary/aromatic N) is 3. The third kappa shape index (κ3) is 6.57. The predicted octanol–water partition coefficient (Wildman–Crippen LogP) is 2.43. The van der Waals surface area contributed by atoms with Crippen molar-refractivity contribution < 1.29 is 24.1 Å². The highest BCUT2D eigenvalue weighted by atomic mass is 16.7. The molecule has 0 aliphatic rings. The first-order valence-corrected chi connectivity index (χ1v) is 7.32. The largest absolute Gasteiger partial charge is 0.497 e. The molecule has 0 heterocycles. The molecule has 1 aromatic carbocycles. The van der Waals surface area contributed by atoms with Crippen molar-refractivity contribution in [2.45, 2.75) is 24.9 Å². The van der Waals surface area contributed by atoms with Crippen molar-refractivity contribution in [2.75, 3.05) is 27.6 Å². The molecule has 0 fully saturated rings. The summed E-state index contributed by atoms with van der Waals surface area (Å²) in [5.74, 6) is 0.742. The molecule has 1 rings (SSSR count). The molecule has 0 saturated heterocycles. The highest BCUT2D eigenvalue weighted by Crippen LogP contribution is 2.16. The minimum Gasteiger partial charge on any atom is -0.497 e. The first kappa shape index (κ1) is 20.0. The van der Waals surface area contributed by atoms with Gasteiger partial charge in [0.15, 0.2) is 0 Å². The van der Waals surface area contributed by atoms with Crippen LogP contribution in [0.15, 0.2) is 42.0 Å². The van der Waals surface area contributed by atoms with E-state index in [1.807, 2.05) is 24.3 Å². The van der Waals surface area contributed by atoms with Crippen LogP contribution in [0.5, 0.6) is 5.75 Å². The molecule has 0 aliphatic carbocycles. The smallest absolute Gasteiger partial charge is 0.147 e. The fourth-order valence-electron chi connectivity index (χ4n) is 2.01. The van der Waals surface area contributed by atoms with Gasteiger partial charge in [-0.2, -0.15) is 0 Å². The van der Waals surface area contributed by atoms with Crippen molar-refractivity contribution in [3.63, 3.8) is 0 Å². The van der Waals surface area contributed by atoms with Crippen molar-refractivity contribution in [3.05, 3.63) is 52.9 Å². The number of ether oxygens (including phenoxy) is 4. The molecular weight excluding hydrogens is 314 g/mol. The summed E-state index contributed by atoms with van der Waals surface area (Å²) in [5.41, 5.74) is 9.31. The number of methoxy groups -OCH3 is 2. The van der Waals surface area contributed by atoms with Crippen molar-refractivity contribution in [1.29, 1.82) is 0 Å². The summed E-state index contributed by atoms with van der Waals surface area (Å²) in [6.45, 7) is 3.81. The molecule has 0 unspecified atom stereocenters. The molecule has 0 spiro atoms. The van der Waals surface area contributed by atoms with Gasteiger partial charge in [-0.1, -0.05) is 23.3 Å². The monoisotopic (exact) mass is 337 g/mol. The molecule has 8 nitrogen and oxygen atoms in total. The van der Waals surface area contributed by atoms with Crippen LogP contribution >= 0.6 is 0 Å². The van der Waals surface area contributed by atoms with Gasteiger partial charge in [-0.15, -0.1) is 6.58 Å². The molecule has 0 radical (unpaired) electrons. The van der Waals surface area contributed by atoms with Gasteiger partial charge < -0.3 is 24.1 Å². The highest BCUT2D eigenvalue weighted by Gasteiger charge is 2.28. The Balaban J connectivity index is 2.77. The van der Waals surface area contributed by atoms with Gasteiger partial charge in [-0.3, -0.25) is 0 Å². The summed E-state index contributed by atoms with van der Waals surface area (Å²) < 4.78 is 21.2. The van der Waals surface area contributed by atoms with Crippen molar-refractivity contribution in [1.82, 2.24) is 0 Å². The van der Waals surface area contributed by atoms with E-state index in [0.29, 0.717) is 0 Å². The van der Waals surface area contributed by atoms with E-state index in [9.17, 15) is 5.11 Å². The van der Waals surface area contributed by atoms with Crippen LogP contribution in [-0.4, -0.2) is 51.0 Å². The molecule has 0 bridgehead atoms. The highest BCUT2D eigenvalue weighted by molar-refractivity contribution is 5.26. The standard InChI is InChI=1S/C16H23N3O5/c1-4-15(24-11-21-2)16(14(20)9-18-19-17)23-10-12-5-7-13(22-3)8-6-12/h4-8,14-16,20H,1,9-11H2,2-3H3/t14-,15-,16-/m1/s1. The number of azide groups is 1. The van der Waals surface area contributed by atoms with Crippen LogP contribution < -0.4 is 4.74 Å². The van der Waals surface area contributed by atoms with Gasteiger partial charge in [0.05, 0.1) is 26.4 Å². The van der Waals surface area contributed by atoms with E-state index in [1.165, 1.54) is 13.2 Å². The first-order chi connectivity index (χ1) is 11.7. The second kappa shape index (κ2) is 11.4. The fourth-order valence-corrected chi connectivity index (χ4v) is 2.01. The fraction of sp³-hybridized carbons (Fsp3) is 0.500. The molecule has 0 aliphatic heterocycles. The van der Waals surface area contributed by atoms with Crippen LogP contribution in [-0.2, 0) is 20.8 Å². The first-order valence-electron chi connectivity index (χ1n) is 7.32. The third-order valence-corrected chi connectivity index (χ3v) is 3.25. The van der Waals surface area contributed by atoms with Gasteiger partial charge >= 0.3 is 0 Å². The zero-order chi connectivity index (χ0) is 17.8. The summed E-state index contributed by atoms with van der Waals surface area (Å²) in [5, 5.41) is 13.6. The molecule has 0 saturated carbocycles. The average molecular weight is 337 g/mol. The molecule has 1 N–H and O–H groups in total. The Morgan fingerprint density at radius 1 is 1.29 bits per heavy atom. The van der Waals surface area contributed by atoms with Gasteiger partial charge in [0.25, 0.3) is 0 Å². The van der Waals surface area contributed by atoms with E-state index in [4.69, 9.17) is 24.5 Å². The minimum absolute atomic E-state index is 0.0212. The van der Waals surface area contributed by atoms with E-state index in [0.717, 1.165) is 11.3 Å². The van der Waals surface area contributed by atoms with E-state index in [-0.39, 0.29) is 19.9 Å². The number of rotatable bonds is 12. The molecule has 24 heavy (non-hydrogen) atoms. The van der Waals surface area contributed by atoms with E-state index in [2.05, 4.69) is 16.6 Å². The minimum atomic E-state index is -1.04. The second-order valence-electron chi connectivity index (χ2n) is 4.88. The predicted molar refractivity (Wildman–Crippen MR) is 88.5 cm³/mol. The third-order valence-electron chi connectivity index (χ3n) is 3.25. The topological polar surface area (TPSA) is 106 Å². The number of aliphatic hydroxyl groups is 1. The van der Waals surface area contributed by atoms with E-state index in [1.54, 1.807) is 7.11 Å². The van der Waals surface area contributed by atoms with Crippen LogP contribution in [0.1, 0.15) is 5.56 Å². The average Bonchev–Trinajstić information content (AvgIpc) is 2.62. The van der Waals surface area contributed by atoms with E-state index >= 15 is 0 Å². The normalized spacial score (nSPS) is 14.3. The Morgan fingerprint density at radius 3 is 2.54 bits per heavy atom. The Hall–Kier alpha value is -2.09. The zero-order valence-electron chi connectivity index (χ0n) is 13.9. The Kier molecular flexibility index (Phi) is 9.52. The lowest BCUT2D eigenvalue weighted by Gasteiger charge is -2.28. The van der Waals surface area contributed by atoms with Gasteiger partial charge in [-0.05, 0) is 23.2 Å². The van der Waals surface area contributed by atoms with Crippen LogP contribution in [0.3, 0.4) is 0 Å². The molecule has 132 valence electrons.